The normalized spacial score (nSPS) is 24.1. The monoisotopic (exact) mass is 395 g/mol. The number of rotatable bonds is 3. The third kappa shape index (κ3) is 2.93. The van der Waals surface area contributed by atoms with Gasteiger partial charge in [0.05, 0.1) is 16.8 Å². The number of aliphatic imine (C=N–C) groups is 1. The number of amidine groups is 1. The summed E-state index contributed by atoms with van der Waals surface area (Å²) >= 11 is 7.87. The predicted molar refractivity (Wildman–Crippen MR) is 109 cm³/mol. The van der Waals surface area contributed by atoms with E-state index in [0.29, 0.717) is 10.3 Å². The van der Waals surface area contributed by atoms with Crippen LogP contribution in [0.4, 0.5) is 0 Å². The second-order valence-corrected chi connectivity index (χ2v) is 8.62. The highest BCUT2D eigenvalue weighted by Gasteiger charge is 2.44. The molecule has 0 unspecified atom stereocenters. The van der Waals surface area contributed by atoms with Gasteiger partial charge in [0.2, 0.25) is 0 Å². The number of pyridine rings is 2. The molecule has 7 heteroatoms. The molecule has 0 N–H and O–H groups in total. The number of fused-ring (bicyclic) bond motifs is 1. The smallest absolute Gasteiger partial charge is 0.160 e. The first kappa shape index (κ1) is 16.8. The SMILES string of the molecule is C[C@H]1CN2C(=N[C@@H](c3ccccn3)[C@@H]2c2cccn2-c2ccc(Cl)cn2)S1. The van der Waals surface area contributed by atoms with Crippen LogP contribution in [0.5, 0.6) is 0 Å². The van der Waals surface area contributed by atoms with Crippen molar-refractivity contribution in [3.63, 3.8) is 0 Å². The van der Waals surface area contributed by atoms with Crippen LogP contribution in [0.1, 0.15) is 30.4 Å². The Bertz CT molecular complexity index is 985. The summed E-state index contributed by atoms with van der Waals surface area (Å²) in [4.78, 5) is 16.6. The zero-order valence-electron chi connectivity index (χ0n) is 14.7. The third-order valence-corrected chi connectivity index (χ3v) is 6.25. The molecule has 27 heavy (non-hydrogen) atoms. The number of thioether (sulfide) groups is 1. The fourth-order valence-corrected chi connectivity index (χ4v) is 5.00. The molecule has 2 aliphatic rings. The minimum Gasteiger partial charge on any atom is -0.339 e. The molecule has 0 spiro atoms. The highest BCUT2D eigenvalue weighted by atomic mass is 35.5. The molecule has 1 saturated heterocycles. The Morgan fingerprint density at radius 2 is 2.04 bits per heavy atom. The lowest BCUT2D eigenvalue weighted by molar-refractivity contribution is 0.312. The lowest BCUT2D eigenvalue weighted by atomic mass is 10.0. The summed E-state index contributed by atoms with van der Waals surface area (Å²) in [6.45, 7) is 3.23. The van der Waals surface area contributed by atoms with Gasteiger partial charge in [-0.25, -0.2) is 4.98 Å². The Balaban J connectivity index is 1.60. The van der Waals surface area contributed by atoms with Crippen LogP contribution in [-0.4, -0.2) is 36.4 Å². The van der Waals surface area contributed by atoms with Gasteiger partial charge in [0, 0.05) is 36.1 Å². The highest BCUT2D eigenvalue weighted by Crippen LogP contribution is 2.47. The maximum absolute atomic E-state index is 6.02. The van der Waals surface area contributed by atoms with Gasteiger partial charge in [-0.1, -0.05) is 36.4 Å². The molecule has 5 rings (SSSR count). The van der Waals surface area contributed by atoms with E-state index in [9.17, 15) is 0 Å². The van der Waals surface area contributed by atoms with Crippen molar-refractivity contribution in [1.29, 1.82) is 0 Å². The summed E-state index contributed by atoms with van der Waals surface area (Å²) in [5.74, 6) is 0.854. The van der Waals surface area contributed by atoms with Gasteiger partial charge in [0.25, 0.3) is 0 Å². The fourth-order valence-electron chi connectivity index (χ4n) is 3.79. The van der Waals surface area contributed by atoms with Crippen LogP contribution < -0.4 is 0 Å². The van der Waals surface area contributed by atoms with Crippen molar-refractivity contribution in [2.75, 3.05) is 6.54 Å². The molecule has 0 aliphatic carbocycles. The van der Waals surface area contributed by atoms with E-state index in [-0.39, 0.29) is 12.1 Å². The van der Waals surface area contributed by atoms with E-state index in [1.165, 1.54) is 0 Å². The van der Waals surface area contributed by atoms with Crippen LogP contribution >= 0.6 is 23.4 Å². The molecule has 2 aliphatic heterocycles. The fraction of sp³-hybridized carbons (Fsp3) is 0.250. The van der Waals surface area contributed by atoms with Crippen LogP contribution in [0.15, 0.2) is 66.0 Å². The van der Waals surface area contributed by atoms with Crippen molar-refractivity contribution < 1.29 is 0 Å². The van der Waals surface area contributed by atoms with E-state index < -0.39 is 0 Å². The first-order valence-electron chi connectivity index (χ1n) is 8.92. The zero-order valence-corrected chi connectivity index (χ0v) is 16.3. The molecule has 5 nitrogen and oxygen atoms in total. The summed E-state index contributed by atoms with van der Waals surface area (Å²) in [6.07, 6.45) is 5.57. The Kier molecular flexibility index (Phi) is 4.17. The Hall–Kier alpha value is -2.31. The topological polar surface area (TPSA) is 46.3 Å². The lowest BCUT2D eigenvalue weighted by Gasteiger charge is -2.28. The van der Waals surface area contributed by atoms with E-state index in [2.05, 4.69) is 44.6 Å². The molecule has 1 fully saturated rings. The second kappa shape index (κ2) is 6.69. The van der Waals surface area contributed by atoms with Gasteiger partial charge in [0.15, 0.2) is 5.17 Å². The summed E-state index contributed by atoms with van der Waals surface area (Å²) < 4.78 is 2.13. The van der Waals surface area contributed by atoms with Crippen LogP contribution in [-0.2, 0) is 0 Å². The van der Waals surface area contributed by atoms with Crippen molar-refractivity contribution in [3.8, 4) is 5.82 Å². The van der Waals surface area contributed by atoms with Crippen LogP contribution in [0.3, 0.4) is 0 Å². The van der Waals surface area contributed by atoms with Crippen LogP contribution in [0.2, 0.25) is 5.02 Å². The minimum atomic E-state index is -0.0258. The predicted octanol–water partition coefficient (Wildman–Crippen LogP) is 4.51. The summed E-state index contributed by atoms with van der Waals surface area (Å²) in [5, 5.41) is 2.28. The van der Waals surface area contributed by atoms with E-state index in [0.717, 1.165) is 28.9 Å². The average molecular weight is 396 g/mol. The molecule has 5 heterocycles. The van der Waals surface area contributed by atoms with Gasteiger partial charge in [-0.15, -0.1) is 0 Å². The molecular weight excluding hydrogens is 378 g/mol. The van der Waals surface area contributed by atoms with Gasteiger partial charge in [0.1, 0.15) is 11.9 Å². The number of aromatic nitrogens is 3. The van der Waals surface area contributed by atoms with Crippen molar-refractivity contribution in [1.82, 2.24) is 19.4 Å². The zero-order chi connectivity index (χ0) is 18.4. The van der Waals surface area contributed by atoms with E-state index >= 15 is 0 Å². The van der Waals surface area contributed by atoms with E-state index in [4.69, 9.17) is 16.6 Å². The summed E-state index contributed by atoms with van der Waals surface area (Å²) in [6, 6.07) is 14.1. The molecule has 3 atom stereocenters. The largest absolute Gasteiger partial charge is 0.339 e. The lowest BCUT2D eigenvalue weighted by Crippen LogP contribution is -2.30. The maximum Gasteiger partial charge on any atom is 0.160 e. The first-order valence-corrected chi connectivity index (χ1v) is 10.2. The molecule has 0 radical (unpaired) electrons. The number of hydrogen-bond acceptors (Lipinski definition) is 5. The number of halogens is 1. The molecule has 0 bridgehead atoms. The molecule has 3 aromatic heterocycles. The van der Waals surface area contributed by atoms with Gasteiger partial charge in [-0.2, -0.15) is 0 Å². The molecule has 0 aromatic carbocycles. The summed E-state index contributed by atoms with van der Waals surface area (Å²) in [7, 11) is 0. The minimum absolute atomic E-state index is 0.0258. The van der Waals surface area contributed by atoms with Crippen molar-refractivity contribution in [2.24, 2.45) is 4.99 Å². The Labute approximate surface area is 167 Å². The van der Waals surface area contributed by atoms with E-state index in [1.54, 1.807) is 6.20 Å². The molecular formula is C20H18ClN5S. The number of nitrogens with zero attached hydrogens (tertiary/aromatic N) is 5. The average Bonchev–Trinajstić information content (AvgIpc) is 3.37. The van der Waals surface area contributed by atoms with Gasteiger partial charge < -0.3 is 9.47 Å². The third-order valence-electron chi connectivity index (χ3n) is 4.92. The number of hydrogen-bond donors (Lipinski definition) is 0. The molecule has 3 aromatic rings. The second-order valence-electron chi connectivity index (χ2n) is 6.77. The quantitative estimate of drug-likeness (QED) is 0.654. The standard InChI is InChI=1S/C20H18ClN5S/c1-13-12-26-19(18(24-20(26)27-13)15-5-2-3-9-22-15)16-6-4-10-25(16)17-8-7-14(21)11-23-17/h2-11,13,18-19H,12H2,1H3/t13-,18-,19-/m0/s1. The van der Waals surface area contributed by atoms with Gasteiger partial charge in [-0.3, -0.25) is 9.98 Å². The van der Waals surface area contributed by atoms with Gasteiger partial charge in [-0.05, 0) is 36.4 Å². The molecule has 0 amide bonds. The maximum atomic E-state index is 6.02. The van der Waals surface area contributed by atoms with Crippen LogP contribution in [0.25, 0.3) is 5.82 Å². The van der Waals surface area contributed by atoms with Gasteiger partial charge >= 0.3 is 0 Å². The molecule has 0 saturated carbocycles. The van der Waals surface area contributed by atoms with Crippen molar-refractivity contribution in [3.05, 3.63) is 77.5 Å². The Morgan fingerprint density at radius 3 is 2.81 bits per heavy atom. The van der Waals surface area contributed by atoms with Crippen molar-refractivity contribution >= 4 is 28.5 Å². The van der Waals surface area contributed by atoms with Crippen molar-refractivity contribution in [2.45, 2.75) is 24.3 Å². The van der Waals surface area contributed by atoms with E-state index in [1.807, 2.05) is 48.4 Å². The van der Waals surface area contributed by atoms with Crippen LogP contribution in [0, 0.1) is 0 Å². The summed E-state index contributed by atoms with van der Waals surface area (Å²) in [5.41, 5.74) is 2.16. The Morgan fingerprint density at radius 1 is 1.11 bits per heavy atom. The molecule has 136 valence electrons. The highest BCUT2D eigenvalue weighted by molar-refractivity contribution is 8.14. The first-order chi connectivity index (χ1) is 13.2.